The molecule has 4 heteroatoms. The summed E-state index contributed by atoms with van der Waals surface area (Å²) < 4.78 is 5.01. The van der Waals surface area contributed by atoms with Crippen LogP contribution in [-0.4, -0.2) is 30.6 Å². The Kier molecular flexibility index (Phi) is 7.63. The van der Waals surface area contributed by atoms with E-state index in [9.17, 15) is 4.79 Å². The number of halogens is 1. The summed E-state index contributed by atoms with van der Waals surface area (Å²) in [5.41, 5.74) is 1.37. The van der Waals surface area contributed by atoms with Gasteiger partial charge in [-0.1, -0.05) is 30.3 Å². The van der Waals surface area contributed by atoms with E-state index in [2.05, 4.69) is 35.2 Å². The van der Waals surface area contributed by atoms with Crippen LogP contribution in [-0.2, 0) is 16.1 Å². The Morgan fingerprint density at radius 3 is 2.50 bits per heavy atom. The number of carbonyl (C=O) groups excluding carboxylic acids is 1. The lowest BCUT2D eigenvalue weighted by Crippen LogP contribution is -2.34. The highest BCUT2D eigenvalue weighted by atomic mass is 35.5. The number of nitrogens with zero attached hydrogens (tertiary/aromatic N) is 1. The van der Waals surface area contributed by atoms with Crippen molar-refractivity contribution in [1.29, 1.82) is 0 Å². The van der Waals surface area contributed by atoms with Crippen LogP contribution >= 0.6 is 12.4 Å². The van der Waals surface area contributed by atoms with Crippen molar-refractivity contribution in [2.45, 2.75) is 32.7 Å². The second-order valence-electron chi connectivity index (χ2n) is 5.21. The third-order valence-electron chi connectivity index (χ3n) is 3.72. The van der Waals surface area contributed by atoms with Crippen LogP contribution in [0.15, 0.2) is 30.3 Å². The largest absolute Gasteiger partial charge is 0.466 e. The van der Waals surface area contributed by atoms with Crippen LogP contribution in [0.5, 0.6) is 0 Å². The van der Waals surface area contributed by atoms with Crippen LogP contribution in [0, 0.1) is 5.92 Å². The van der Waals surface area contributed by atoms with Crippen LogP contribution in [0.1, 0.15) is 31.7 Å². The molecular weight excluding hydrogens is 274 g/mol. The lowest BCUT2D eigenvalue weighted by Gasteiger charge is -2.31. The highest BCUT2D eigenvalue weighted by Crippen LogP contribution is 2.22. The Morgan fingerprint density at radius 2 is 1.90 bits per heavy atom. The van der Waals surface area contributed by atoms with Gasteiger partial charge >= 0.3 is 5.97 Å². The lowest BCUT2D eigenvalue weighted by atomic mass is 9.93. The molecule has 0 aliphatic carbocycles. The summed E-state index contributed by atoms with van der Waals surface area (Å²) in [7, 11) is 0. The van der Waals surface area contributed by atoms with Gasteiger partial charge in [0, 0.05) is 13.0 Å². The first kappa shape index (κ1) is 17.0. The van der Waals surface area contributed by atoms with E-state index in [1.54, 1.807) is 0 Å². The zero-order valence-electron chi connectivity index (χ0n) is 12.1. The van der Waals surface area contributed by atoms with E-state index in [1.165, 1.54) is 5.56 Å². The molecule has 0 atom stereocenters. The average Bonchev–Trinajstić information content (AvgIpc) is 2.42. The van der Waals surface area contributed by atoms with Crippen molar-refractivity contribution in [3.05, 3.63) is 35.9 Å². The third kappa shape index (κ3) is 5.51. The van der Waals surface area contributed by atoms with Crippen LogP contribution in [0.3, 0.4) is 0 Å². The number of piperidine rings is 1. The van der Waals surface area contributed by atoms with Gasteiger partial charge in [-0.05, 0) is 44.3 Å². The summed E-state index contributed by atoms with van der Waals surface area (Å²) in [4.78, 5) is 13.9. The van der Waals surface area contributed by atoms with Crippen molar-refractivity contribution in [2.24, 2.45) is 5.92 Å². The van der Waals surface area contributed by atoms with E-state index in [0.717, 1.165) is 32.5 Å². The summed E-state index contributed by atoms with van der Waals surface area (Å²) in [6.45, 7) is 5.54. The molecule has 1 saturated heterocycles. The highest BCUT2D eigenvalue weighted by Gasteiger charge is 2.21. The van der Waals surface area contributed by atoms with Gasteiger partial charge in [0.1, 0.15) is 0 Å². The van der Waals surface area contributed by atoms with Crippen molar-refractivity contribution in [1.82, 2.24) is 4.90 Å². The van der Waals surface area contributed by atoms with Crippen LogP contribution in [0.25, 0.3) is 0 Å². The number of esters is 1. The predicted molar refractivity (Wildman–Crippen MR) is 82.9 cm³/mol. The monoisotopic (exact) mass is 297 g/mol. The van der Waals surface area contributed by atoms with E-state index in [1.807, 2.05) is 6.92 Å². The fourth-order valence-electron chi connectivity index (χ4n) is 2.65. The van der Waals surface area contributed by atoms with Gasteiger partial charge in [0.05, 0.1) is 6.61 Å². The standard InChI is InChI=1S/C16H23NO2.ClH/c1-2-19-16(18)12-14-8-10-17(11-9-14)13-15-6-4-3-5-7-15;/h3-7,14H,2,8-13H2,1H3;1H. The van der Waals surface area contributed by atoms with Gasteiger partial charge < -0.3 is 4.74 Å². The SMILES string of the molecule is CCOC(=O)CC1CCN(Cc2ccccc2)CC1.Cl. The van der Waals surface area contributed by atoms with Crippen molar-refractivity contribution in [2.75, 3.05) is 19.7 Å². The summed E-state index contributed by atoms with van der Waals surface area (Å²) in [5.74, 6) is 0.468. The smallest absolute Gasteiger partial charge is 0.306 e. The number of rotatable bonds is 5. The van der Waals surface area contributed by atoms with Gasteiger partial charge in [0.25, 0.3) is 0 Å². The molecular formula is C16H24ClNO2. The molecule has 1 heterocycles. The molecule has 1 aromatic carbocycles. The van der Waals surface area contributed by atoms with Crippen molar-refractivity contribution < 1.29 is 9.53 Å². The minimum absolute atomic E-state index is 0. The molecule has 0 bridgehead atoms. The number of ether oxygens (including phenoxy) is 1. The van der Waals surface area contributed by atoms with Crippen molar-refractivity contribution >= 4 is 18.4 Å². The maximum atomic E-state index is 11.4. The fraction of sp³-hybridized carbons (Fsp3) is 0.562. The molecule has 0 saturated carbocycles. The third-order valence-corrected chi connectivity index (χ3v) is 3.72. The number of likely N-dealkylation sites (tertiary alicyclic amines) is 1. The Bertz CT molecular complexity index is 389. The van der Waals surface area contributed by atoms with Gasteiger partial charge in [-0.3, -0.25) is 9.69 Å². The minimum atomic E-state index is -0.0380. The number of carbonyl (C=O) groups is 1. The zero-order valence-corrected chi connectivity index (χ0v) is 12.9. The lowest BCUT2D eigenvalue weighted by molar-refractivity contribution is -0.144. The molecule has 1 fully saturated rings. The molecule has 20 heavy (non-hydrogen) atoms. The molecule has 3 nitrogen and oxygen atoms in total. The molecule has 1 aliphatic heterocycles. The van der Waals surface area contributed by atoms with Gasteiger partial charge in [-0.25, -0.2) is 0 Å². The Balaban J connectivity index is 0.00000200. The summed E-state index contributed by atoms with van der Waals surface area (Å²) in [6.07, 6.45) is 2.80. The van der Waals surface area contributed by atoms with Crippen LogP contribution < -0.4 is 0 Å². The molecule has 0 amide bonds. The summed E-state index contributed by atoms with van der Waals surface area (Å²) in [6, 6.07) is 10.6. The zero-order chi connectivity index (χ0) is 13.5. The quantitative estimate of drug-likeness (QED) is 0.781. The minimum Gasteiger partial charge on any atom is -0.466 e. The summed E-state index contributed by atoms with van der Waals surface area (Å²) >= 11 is 0. The van der Waals surface area contributed by atoms with Crippen molar-refractivity contribution in [3.8, 4) is 0 Å². The van der Waals surface area contributed by atoms with E-state index in [-0.39, 0.29) is 18.4 Å². The maximum Gasteiger partial charge on any atom is 0.306 e. The number of benzene rings is 1. The first-order valence-electron chi connectivity index (χ1n) is 7.20. The highest BCUT2D eigenvalue weighted by molar-refractivity contribution is 5.85. The van der Waals surface area contributed by atoms with Gasteiger partial charge in [-0.2, -0.15) is 0 Å². The first-order chi connectivity index (χ1) is 9.28. The maximum absolute atomic E-state index is 11.4. The molecule has 0 aromatic heterocycles. The second-order valence-corrected chi connectivity index (χ2v) is 5.21. The topological polar surface area (TPSA) is 29.5 Å². The van der Waals surface area contributed by atoms with Crippen molar-refractivity contribution in [3.63, 3.8) is 0 Å². The normalized spacial score (nSPS) is 16.4. The summed E-state index contributed by atoms with van der Waals surface area (Å²) in [5, 5.41) is 0. The second kappa shape index (κ2) is 8.98. The Hall–Kier alpha value is -1.06. The molecule has 1 aromatic rings. The molecule has 0 radical (unpaired) electrons. The first-order valence-corrected chi connectivity index (χ1v) is 7.20. The van der Waals surface area contributed by atoms with Crippen LogP contribution in [0.4, 0.5) is 0 Å². The average molecular weight is 298 g/mol. The predicted octanol–water partition coefficient (Wildman–Crippen LogP) is 3.27. The van der Waals surface area contributed by atoms with Gasteiger partial charge in [0.2, 0.25) is 0 Å². The van der Waals surface area contributed by atoms with E-state index < -0.39 is 0 Å². The Morgan fingerprint density at radius 1 is 1.25 bits per heavy atom. The molecule has 112 valence electrons. The molecule has 0 unspecified atom stereocenters. The number of hydrogen-bond donors (Lipinski definition) is 0. The molecule has 0 spiro atoms. The Labute approximate surface area is 127 Å². The fourth-order valence-corrected chi connectivity index (χ4v) is 2.65. The van der Waals surface area contributed by atoms with Crippen LogP contribution in [0.2, 0.25) is 0 Å². The van der Waals surface area contributed by atoms with Gasteiger partial charge in [0.15, 0.2) is 0 Å². The number of hydrogen-bond acceptors (Lipinski definition) is 3. The van der Waals surface area contributed by atoms with E-state index in [4.69, 9.17) is 4.74 Å². The van der Waals surface area contributed by atoms with Gasteiger partial charge in [-0.15, -0.1) is 12.4 Å². The molecule has 1 aliphatic rings. The molecule has 2 rings (SSSR count). The molecule has 0 N–H and O–H groups in total. The van der Waals surface area contributed by atoms with E-state index >= 15 is 0 Å². The van der Waals surface area contributed by atoms with E-state index in [0.29, 0.717) is 18.9 Å².